The molecule has 23 heavy (non-hydrogen) atoms. The molecule has 0 aromatic heterocycles. The lowest BCUT2D eigenvalue weighted by Crippen LogP contribution is -2.53. The fourth-order valence-corrected chi connectivity index (χ4v) is 5.07. The van der Waals surface area contributed by atoms with Crippen LogP contribution in [0.25, 0.3) is 0 Å². The highest BCUT2D eigenvalue weighted by molar-refractivity contribution is 7.91. The highest BCUT2D eigenvalue weighted by Gasteiger charge is 2.34. The molecule has 1 aromatic carbocycles. The summed E-state index contributed by atoms with van der Waals surface area (Å²) in [6.07, 6.45) is 0.705. The molecule has 3 rings (SSSR count). The maximum absolute atomic E-state index is 12.3. The van der Waals surface area contributed by atoms with Crippen LogP contribution in [0, 0.1) is 0 Å². The van der Waals surface area contributed by atoms with Crippen LogP contribution < -0.4 is 5.32 Å². The van der Waals surface area contributed by atoms with E-state index in [2.05, 4.69) is 10.2 Å². The summed E-state index contributed by atoms with van der Waals surface area (Å²) in [6.45, 7) is 2.62. The van der Waals surface area contributed by atoms with Crippen molar-refractivity contribution >= 4 is 33.2 Å². The summed E-state index contributed by atoms with van der Waals surface area (Å²) in [5.41, 5.74) is 0.673. The molecule has 0 saturated carbocycles. The van der Waals surface area contributed by atoms with Gasteiger partial charge in [0.1, 0.15) is 0 Å². The van der Waals surface area contributed by atoms with E-state index >= 15 is 0 Å². The van der Waals surface area contributed by atoms with Gasteiger partial charge in [0.05, 0.1) is 11.5 Å². The Morgan fingerprint density at radius 3 is 2.57 bits per heavy atom. The molecule has 0 bridgehead atoms. The zero-order valence-corrected chi connectivity index (χ0v) is 14.3. The Morgan fingerprint density at radius 1 is 1.22 bits per heavy atom. The summed E-state index contributed by atoms with van der Waals surface area (Å²) in [6, 6.07) is 7.01. The first-order valence-corrected chi connectivity index (χ1v) is 9.89. The molecule has 6 nitrogen and oxygen atoms in total. The van der Waals surface area contributed by atoms with Crippen molar-refractivity contribution in [1.29, 1.82) is 0 Å². The van der Waals surface area contributed by atoms with Crippen molar-refractivity contribution < 1.29 is 13.2 Å². The van der Waals surface area contributed by atoms with Crippen LogP contribution in [0.3, 0.4) is 0 Å². The molecule has 0 radical (unpaired) electrons. The van der Waals surface area contributed by atoms with Gasteiger partial charge >= 0.3 is 6.03 Å². The van der Waals surface area contributed by atoms with Crippen LogP contribution in [0.4, 0.5) is 10.5 Å². The summed E-state index contributed by atoms with van der Waals surface area (Å²) < 4.78 is 23.1. The van der Waals surface area contributed by atoms with Gasteiger partial charge in [0.25, 0.3) is 0 Å². The van der Waals surface area contributed by atoms with Crippen LogP contribution in [0.2, 0.25) is 5.02 Å². The van der Waals surface area contributed by atoms with Gasteiger partial charge in [-0.25, -0.2) is 13.2 Å². The number of anilines is 1. The first-order chi connectivity index (χ1) is 10.9. The van der Waals surface area contributed by atoms with Crippen molar-refractivity contribution in [2.24, 2.45) is 0 Å². The Morgan fingerprint density at radius 2 is 1.96 bits per heavy atom. The number of nitrogens with zero attached hydrogens (tertiary/aromatic N) is 2. The molecule has 2 aliphatic rings. The largest absolute Gasteiger partial charge is 0.322 e. The predicted octanol–water partition coefficient (Wildman–Crippen LogP) is 1.68. The number of piperazine rings is 1. The lowest BCUT2D eigenvalue weighted by atomic mass is 10.2. The number of rotatable bonds is 2. The molecule has 0 aliphatic carbocycles. The van der Waals surface area contributed by atoms with Crippen molar-refractivity contribution in [1.82, 2.24) is 9.80 Å². The predicted molar refractivity (Wildman–Crippen MR) is 90.7 cm³/mol. The lowest BCUT2D eigenvalue weighted by Gasteiger charge is -2.37. The van der Waals surface area contributed by atoms with Gasteiger partial charge in [0, 0.05) is 42.9 Å². The van der Waals surface area contributed by atoms with E-state index in [1.165, 1.54) is 0 Å². The van der Waals surface area contributed by atoms with Crippen molar-refractivity contribution in [3.8, 4) is 0 Å². The minimum atomic E-state index is -2.87. The fourth-order valence-electron chi connectivity index (χ4n) is 3.12. The third-order valence-corrected chi connectivity index (χ3v) is 6.39. The quantitative estimate of drug-likeness (QED) is 0.874. The molecule has 0 spiro atoms. The fraction of sp³-hybridized carbons (Fsp3) is 0.533. The maximum atomic E-state index is 12.3. The number of nitrogens with one attached hydrogen (secondary N) is 1. The number of hydrogen-bond acceptors (Lipinski definition) is 4. The summed E-state index contributed by atoms with van der Waals surface area (Å²) in [5.74, 6) is 0.537. The van der Waals surface area contributed by atoms with E-state index in [1.807, 2.05) is 0 Å². The summed E-state index contributed by atoms with van der Waals surface area (Å²) in [5, 5.41) is 3.42. The molecule has 1 atom stereocenters. The van der Waals surface area contributed by atoms with E-state index in [-0.39, 0.29) is 23.6 Å². The third-order valence-electron chi connectivity index (χ3n) is 4.40. The Labute approximate surface area is 141 Å². The van der Waals surface area contributed by atoms with Crippen molar-refractivity contribution in [3.05, 3.63) is 29.3 Å². The zero-order chi connectivity index (χ0) is 16.4. The average Bonchev–Trinajstić information content (AvgIpc) is 2.87. The number of hydrogen-bond donors (Lipinski definition) is 1. The molecule has 2 fully saturated rings. The molecule has 2 amide bonds. The molecule has 2 heterocycles. The maximum Gasteiger partial charge on any atom is 0.321 e. The molecule has 2 saturated heterocycles. The Kier molecular flexibility index (Phi) is 4.79. The van der Waals surface area contributed by atoms with E-state index in [0.717, 1.165) is 0 Å². The van der Waals surface area contributed by atoms with Crippen molar-refractivity contribution in [3.63, 3.8) is 0 Å². The van der Waals surface area contributed by atoms with E-state index in [4.69, 9.17) is 11.6 Å². The molecule has 1 N–H and O–H groups in total. The summed E-state index contributed by atoms with van der Waals surface area (Å²) in [7, 11) is -2.87. The molecule has 126 valence electrons. The van der Waals surface area contributed by atoms with Crippen molar-refractivity contribution in [2.45, 2.75) is 12.5 Å². The van der Waals surface area contributed by atoms with Gasteiger partial charge in [-0.05, 0) is 24.6 Å². The number of urea groups is 1. The smallest absolute Gasteiger partial charge is 0.321 e. The van der Waals surface area contributed by atoms with Crippen LogP contribution in [0.15, 0.2) is 24.3 Å². The highest BCUT2D eigenvalue weighted by Crippen LogP contribution is 2.20. The summed E-state index contributed by atoms with van der Waals surface area (Å²) >= 11 is 5.91. The van der Waals surface area contributed by atoms with Crippen LogP contribution in [-0.2, 0) is 9.84 Å². The van der Waals surface area contributed by atoms with Gasteiger partial charge < -0.3 is 10.2 Å². The number of sulfone groups is 1. The minimum Gasteiger partial charge on any atom is -0.322 e. The van der Waals surface area contributed by atoms with Crippen molar-refractivity contribution in [2.75, 3.05) is 43.0 Å². The second-order valence-corrected chi connectivity index (χ2v) is 8.69. The first-order valence-electron chi connectivity index (χ1n) is 7.69. The monoisotopic (exact) mass is 357 g/mol. The number of amides is 2. The van der Waals surface area contributed by atoms with Crippen LogP contribution in [-0.4, -0.2) is 68.0 Å². The molecular formula is C15H20ClN3O3S. The molecule has 2 aliphatic heterocycles. The molecule has 0 unspecified atom stereocenters. The standard InChI is InChI=1S/C15H20ClN3O3S/c16-12-2-1-3-13(10-12)17-15(20)19-7-5-18(6-8-19)14-4-9-23(21,22)11-14/h1-3,10,14H,4-9,11H2,(H,17,20)/t14-/m0/s1. The van der Waals surface area contributed by atoms with Crippen LogP contribution >= 0.6 is 11.6 Å². The number of carbonyl (C=O) groups excluding carboxylic acids is 1. The SMILES string of the molecule is O=C(Nc1cccc(Cl)c1)N1CCN([C@H]2CCS(=O)(=O)C2)CC1. The zero-order valence-electron chi connectivity index (χ0n) is 12.7. The average molecular weight is 358 g/mol. The Balaban J connectivity index is 1.51. The second-order valence-electron chi connectivity index (χ2n) is 6.02. The molecule has 8 heteroatoms. The third kappa shape index (κ3) is 4.16. The Hall–Kier alpha value is -1.31. The van der Waals surface area contributed by atoms with Crippen LogP contribution in [0.1, 0.15) is 6.42 Å². The molecular weight excluding hydrogens is 338 g/mol. The highest BCUT2D eigenvalue weighted by atomic mass is 35.5. The van der Waals surface area contributed by atoms with Gasteiger partial charge in [0.2, 0.25) is 0 Å². The van der Waals surface area contributed by atoms with Gasteiger partial charge in [-0.1, -0.05) is 17.7 Å². The normalized spacial score (nSPS) is 24.6. The number of benzene rings is 1. The van der Waals surface area contributed by atoms with E-state index < -0.39 is 9.84 Å². The van der Waals surface area contributed by atoms with Gasteiger partial charge in [-0.2, -0.15) is 0 Å². The number of halogens is 1. The van der Waals surface area contributed by atoms with E-state index in [0.29, 0.717) is 43.3 Å². The van der Waals surface area contributed by atoms with Gasteiger partial charge in [0.15, 0.2) is 9.84 Å². The second kappa shape index (κ2) is 6.67. The van der Waals surface area contributed by atoms with Gasteiger partial charge in [-0.15, -0.1) is 0 Å². The van der Waals surface area contributed by atoms with E-state index in [9.17, 15) is 13.2 Å². The van der Waals surface area contributed by atoms with Crippen LogP contribution in [0.5, 0.6) is 0 Å². The summed E-state index contributed by atoms with van der Waals surface area (Å²) in [4.78, 5) is 16.2. The first kappa shape index (κ1) is 16.5. The molecule has 1 aromatic rings. The topological polar surface area (TPSA) is 69.7 Å². The van der Waals surface area contributed by atoms with Gasteiger partial charge in [-0.3, -0.25) is 4.90 Å². The van der Waals surface area contributed by atoms with E-state index in [1.54, 1.807) is 29.2 Å². The minimum absolute atomic E-state index is 0.109. The number of carbonyl (C=O) groups is 1. The Bertz CT molecular complexity index is 687. The lowest BCUT2D eigenvalue weighted by molar-refractivity contribution is 0.121.